The van der Waals surface area contributed by atoms with Gasteiger partial charge in [0.05, 0.1) is 42.6 Å². The quantitative estimate of drug-likeness (QED) is 0.514. The number of carbonyl (C=O) groups excluding carboxylic acids is 2. The first kappa shape index (κ1) is 20.9. The number of carbonyl (C=O) groups is 2. The van der Waals surface area contributed by atoms with Crippen LogP contribution in [-0.2, 0) is 27.3 Å². The van der Waals surface area contributed by atoms with Crippen molar-refractivity contribution < 1.29 is 19.1 Å². The number of hydrogen-bond acceptors (Lipinski definition) is 9. The number of morpholine rings is 1. The second-order valence-electron chi connectivity index (χ2n) is 8.74. The molecule has 2 saturated heterocycles. The predicted molar refractivity (Wildman–Crippen MR) is 117 cm³/mol. The lowest BCUT2D eigenvalue weighted by atomic mass is 9.99. The number of hydrogen-bond donors (Lipinski definition) is 0. The zero-order valence-corrected chi connectivity index (χ0v) is 18.4. The first-order chi connectivity index (χ1) is 16.6. The molecule has 6 rings (SSSR count). The fourth-order valence-electron chi connectivity index (χ4n) is 4.77. The maximum Gasteiger partial charge on any atom is 0.338 e. The molecule has 5 heterocycles. The summed E-state index contributed by atoms with van der Waals surface area (Å²) in [6.45, 7) is 3.76. The number of esters is 1. The molecule has 2 atom stereocenters. The van der Waals surface area contributed by atoms with E-state index in [2.05, 4.69) is 25.4 Å². The van der Waals surface area contributed by atoms with E-state index in [1.165, 1.54) is 11.0 Å². The van der Waals surface area contributed by atoms with Crippen molar-refractivity contribution in [3.05, 3.63) is 65.2 Å². The number of aromatic nitrogens is 5. The van der Waals surface area contributed by atoms with Crippen LogP contribution in [0.1, 0.15) is 33.3 Å². The van der Waals surface area contributed by atoms with E-state index in [-0.39, 0.29) is 30.4 Å². The van der Waals surface area contributed by atoms with Gasteiger partial charge in [0.25, 0.3) is 0 Å². The molecule has 2 unspecified atom stereocenters. The molecule has 2 aromatic heterocycles. The summed E-state index contributed by atoms with van der Waals surface area (Å²) in [5, 5.41) is 11.1. The van der Waals surface area contributed by atoms with Crippen molar-refractivity contribution >= 4 is 11.9 Å². The number of piperazine rings is 1. The summed E-state index contributed by atoms with van der Waals surface area (Å²) in [4.78, 5) is 33.3. The van der Waals surface area contributed by atoms with Gasteiger partial charge in [-0.1, -0.05) is 6.07 Å². The van der Waals surface area contributed by atoms with Crippen LogP contribution in [0, 0.1) is 0 Å². The maximum atomic E-state index is 12.9. The number of benzene rings is 1. The molecule has 11 nitrogen and oxygen atoms in total. The van der Waals surface area contributed by atoms with Gasteiger partial charge in [0.1, 0.15) is 12.9 Å². The number of nitrogens with zero attached hydrogens (tertiary/aromatic N) is 7. The maximum absolute atomic E-state index is 12.9. The molecule has 11 heteroatoms. The number of fused-ring (bicyclic) bond motifs is 2. The molecule has 174 valence electrons. The molecule has 1 amide bonds. The SMILES string of the molecule is O=C1OCc2cc(C3CN4CCN(C(=O)Cc5ccc(-n6cnnn6)cn5)CC4CO3)ccc21. The molecular weight excluding hydrogens is 438 g/mol. The number of rotatable bonds is 4. The first-order valence-electron chi connectivity index (χ1n) is 11.3. The molecule has 0 radical (unpaired) electrons. The van der Waals surface area contributed by atoms with Crippen LogP contribution in [0.3, 0.4) is 0 Å². The van der Waals surface area contributed by atoms with E-state index in [4.69, 9.17) is 9.47 Å². The van der Waals surface area contributed by atoms with Gasteiger partial charge < -0.3 is 14.4 Å². The van der Waals surface area contributed by atoms with Crippen LogP contribution < -0.4 is 0 Å². The molecule has 0 saturated carbocycles. The topological polar surface area (TPSA) is 116 Å². The van der Waals surface area contributed by atoms with E-state index in [1.807, 2.05) is 35.2 Å². The number of pyridine rings is 1. The van der Waals surface area contributed by atoms with Gasteiger partial charge in [-0.25, -0.2) is 4.79 Å². The molecule has 34 heavy (non-hydrogen) atoms. The van der Waals surface area contributed by atoms with Crippen LogP contribution in [0.2, 0.25) is 0 Å². The molecule has 3 aliphatic heterocycles. The highest BCUT2D eigenvalue weighted by molar-refractivity contribution is 5.93. The average molecular weight is 461 g/mol. The van der Waals surface area contributed by atoms with E-state index in [0.29, 0.717) is 37.6 Å². The van der Waals surface area contributed by atoms with Crippen molar-refractivity contribution in [1.29, 1.82) is 0 Å². The van der Waals surface area contributed by atoms with Crippen molar-refractivity contribution in [3.8, 4) is 5.69 Å². The van der Waals surface area contributed by atoms with Gasteiger partial charge in [-0.2, -0.15) is 4.68 Å². The second-order valence-corrected chi connectivity index (χ2v) is 8.74. The van der Waals surface area contributed by atoms with E-state index >= 15 is 0 Å². The van der Waals surface area contributed by atoms with Crippen LogP contribution in [0.15, 0.2) is 42.9 Å². The van der Waals surface area contributed by atoms with Gasteiger partial charge in [0.15, 0.2) is 0 Å². The number of tetrazole rings is 1. The number of cyclic esters (lactones) is 1. The van der Waals surface area contributed by atoms with E-state index in [9.17, 15) is 9.59 Å². The standard InChI is InChI=1S/C23H23N7O4/c31-22(8-17-2-3-18(9-24-17)30-14-25-26-27-30)29-6-5-28-11-21(33-13-19(28)10-29)15-1-4-20-16(7-15)12-34-23(20)32/h1-4,7,9,14,19,21H,5-6,8,10-13H2. The Morgan fingerprint density at radius 2 is 2.09 bits per heavy atom. The third-order valence-electron chi connectivity index (χ3n) is 6.68. The number of amides is 1. The fourth-order valence-corrected chi connectivity index (χ4v) is 4.77. The fraction of sp³-hybridized carbons (Fsp3) is 0.391. The summed E-state index contributed by atoms with van der Waals surface area (Å²) in [7, 11) is 0. The van der Waals surface area contributed by atoms with Crippen LogP contribution in [0.4, 0.5) is 0 Å². The van der Waals surface area contributed by atoms with Gasteiger partial charge in [0, 0.05) is 37.4 Å². The summed E-state index contributed by atoms with van der Waals surface area (Å²) in [6, 6.07) is 9.64. The summed E-state index contributed by atoms with van der Waals surface area (Å²) in [5.74, 6) is -0.196. The molecule has 2 fully saturated rings. The van der Waals surface area contributed by atoms with Crippen molar-refractivity contribution in [2.45, 2.75) is 25.2 Å². The number of ether oxygens (including phenoxy) is 2. The van der Waals surface area contributed by atoms with E-state index < -0.39 is 0 Å². The third kappa shape index (κ3) is 3.93. The Hall–Kier alpha value is -3.70. The zero-order valence-electron chi connectivity index (χ0n) is 18.4. The van der Waals surface area contributed by atoms with Crippen molar-refractivity contribution in [2.75, 3.05) is 32.8 Å². The largest absolute Gasteiger partial charge is 0.457 e. The van der Waals surface area contributed by atoms with E-state index in [0.717, 1.165) is 29.9 Å². The normalized spacial score (nSPS) is 22.2. The van der Waals surface area contributed by atoms with Gasteiger partial charge in [-0.3, -0.25) is 14.7 Å². The van der Waals surface area contributed by atoms with Crippen molar-refractivity contribution in [1.82, 2.24) is 35.0 Å². The van der Waals surface area contributed by atoms with Crippen LogP contribution in [-0.4, -0.2) is 85.7 Å². The monoisotopic (exact) mass is 461 g/mol. The predicted octanol–water partition coefficient (Wildman–Crippen LogP) is 0.555. The highest BCUT2D eigenvalue weighted by Crippen LogP contribution is 2.30. The van der Waals surface area contributed by atoms with E-state index in [1.54, 1.807) is 6.20 Å². The average Bonchev–Trinajstić information content (AvgIpc) is 3.54. The molecule has 3 aromatic rings. The van der Waals surface area contributed by atoms with Gasteiger partial charge >= 0.3 is 5.97 Å². The Bertz CT molecular complexity index is 1210. The zero-order chi connectivity index (χ0) is 23.1. The highest BCUT2D eigenvalue weighted by Gasteiger charge is 2.36. The molecule has 1 aromatic carbocycles. The lowest BCUT2D eigenvalue weighted by Crippen LogP contribution is -2.59. The minimum atomic E-state index is -0.259. The molecule has 0 spiro atoms. The summed E-state index contributed by atoms with van der Waals surface area (Å²) >= 11 is 0. The van der Waals surface area contributed by atoms with Crippen LogP contribution in [0.25, 0.3) is 5.69 Å². The minimum absolute atomic E-state index is 0.0533. The van der Waals surface area contributed by atoms with Gasteiger partial charge in [-0.15, -0.1) is 5.10 Å². The first-order valence-corrected chi connectivity index (χ1v) is 11.3. The Balaban J connectivity index is 1.05. The summed E-state index contributed by atoms with van der Waals surface area (Å²) in [6.07, 6.45) is 3.36. The Morgan fingerprint density at radius 1 is 1.15 bits per heavy atom. The third-order valence-corrected chi connectivity index (χ3v) is 6.68. The van der Waals surface area contributed by atoms with Crippen molar-refractivity contribution in [3.63, 3.8) is 0 Å². The smallest absolute Gasteiger partial charge is 0.338 e. The second kappa shape index (κ2) is 8.58. The molecule has 3 aliphatic rings. The highest BCUT2D eigenvalue weighted by atomic mass is 16.5. The molecule has 0 aliphatic carbocycles. The molecular formula is C23H23N7O4. The Kier molecular flexibility index (Phi) is 5.27. The lowest BCUT2D eigenvalue weighted by molar-refractivity contribution is -0.139. The van der Waals surface area contributed by atoms with Gasteiger partial charge in [0.2, 0.25) is 5.91 Å². The Labute approximate surface area is 195 Å². The molecule has 0 N–H and O–H groups in total. The lowest BCUT2D eigenvalue weighted by Gasteiger charge is -2.46. The molecule has 0 bridgehead atoms. The van der Waals surface area contributed by atoms with Crippen LogP contribution >= 0.6 is 0 Å². The minimum Gasteiger partial charge on any atom is -0.457 e. The Morgan fingerprint density at radius 3 is 2.91 bits per heavy atom. The van der Waals surface area contributed by atoms with Crippen LogP contribution in [0.5, 0.6) is 0 Å². The summed E-state index contributed by atoms with van der Waals surface area (Å²) < 4.78 is 12.8. The summed E-state index contributed by atoms with van der Waals surface area (Å²) in [5.41, 5.74) is 4.08. The van der Waals surface area contributed by atoms with Crippen molar-refractivity contribution in [2.24, 2.45) is 0 Å². The van der Waals surface area contributed by atoms with Gasteiger partial charge in [-0.05, 0) is 40.3 Å².